The highest BCUT2D eigenvalue weighted by Crippen LogP contribution is 2.27. The molecule has 0 aliphatic carbocycles. The van der Waals surface area contributed by atoms with Crippen LogP contribution in [-0.4, -0.2) is 45.6 Å². The number of rotatable bonds is 5. The molecule has 1 saturated heterocycles. The maximum absolute atomic E-state index is 12.7. The molecule has 2 heterocycles. The van der Waals surface area contributed by atoms with Crippen LogP contribution in [0.2, 0.25) is 0 Å². The molecule has 2 aromatic carbocycles. The zero-order valence-electron chi connectivity index (χ0n) is 18.9. The number of carbonyl (C=O) groups excluding carboxylic acids is 2. The monoisotopic (exact) mass is 462 g/mol. The van der Waals surface area contributed by atoms with Gasteiger partial charge in [-0.2, -0.15) is 5.26 Å². The molecular formula is C25H26N4O5. The second-order valence-electron chi connectivity index (χ2n) is 7.96. The van der Waals surface area contributed by atoms with E-state index in [-0.39, 0.29) is 17.6 Å². The number of carbonyl (C=O) groups is 3. The van der Waals surface area contributed by atoms with Gasteiger partial charge in [0.05, 0.1) is 11.6 Å². The Kier molecular flexibility index (Phi) is 7.88. The number of nitriles is 1. The predicted octanol–water partition coefficient (Wildman–Crippen LogP) is 4.08. The van der Waals surface area contributed by atoms with Gasteiger partial charge in [0.15, 0.2) is 5.78 Å². The van der Waals surface area contributed by atoms with Crippen molar-refractivity contribution in [2.24, 2.45) is 12.8 Å². The van der Waals surface area contributed by atoms with Gasteiger partial charge in [-0.05, 0) is 55.2 Å². The number of carboxylic acid groups (broad SMARTS) is 1. The van der Waals surface area contributed by atoms with Gasteiger partial charge in [-0.15, -0.1) is 0 Å². The number of ether oxygens (including phenoxy) is 1. The number of primary amides is 1. The molecule has 1 aliphatic rings. The summed E-state index contributed by atoms with van der Waals surface area (Å²) in [6.07, 6.45) is 3.46. The second kappa shape index (κ2) is 11.0. The van der Waals surface area contributed by atoms with Crippen LogP contribution >= 0.6 is 0 Å². The molecule has 4 rings (SSSR count). The van der Waals surface area contributed by atoms with Crippen LogP contribution in [0.3, 0.4) is 0 Å². The number of amides is 2. The maximum atomic E-state index is 12.7. The molecule has 0 atom stereocenters. The fraction of sp³-hybridized carbons (Fsp3) is 0.280. The van der Waals surface area contributed by atoms with Gasteiger partial charge in [0.2, 0.25) is 0 Å². The molecule has 9 heteroatoms. The topological polar surface area (TPSA) is 139 Å². The number of urea groups is 1. The van der Waals surface area contributed by atoms with Crippen molar-refractivity contribution >= 4 is 28.9 Å². The van der Waals surface area contributed by atoms with Crippen LogP contribution in [0.15, 0.2) is 48.7 Å². The van der Waals surface area contributed by atoms with Crippen LogP contribution in [0, 0.1) is 11.3 Å². The Labute approximate surface area is 196 Å². The lowest BCUT2D eigenvalue weighted by molar-refractivity contribution is 0.0984. The Morgan fingerprint density at radius 3 is 2.35 bits per heavy atom. The number of aryl methyl sites for hydroxylation is 2. The van der Waals surface area contributed by atoms with Crippen molar-refractivity contribution in [3.63, 3.8) is 0 Å². The standard InChI is InChI=1S/C20H16N2O4.C5H10N2O/c1-22-12-17(16-10-15(26-20(24)25)7-8-18(16)22)19(23)9-6-13-2-4-14(11-21)5-3-13;6-5(8)7-3-1-2-4-7/h2-5,7-8,10,12H,6,9H2,1H3,(H,24,25);1-4H2,(H2,6,8). The van der Waals surface area contributed by atoms with E-state index in [0.717, 1.165) is 37.0 Å². The van der Waals surface area contributed by atoms with Crippen molar-refractivity contribution in [2.45, 2.75) is 25.7 Å². The second-order valence-corrected chi connectivity index (χ2v) is 7.96. The average Bonchev–Trinajstić information content (AvgIpc) is 3.47. The third-order valence-electron chi connectivity index (χ3n) is 5.61. The summed E-state index contributed by atoms with van der Waals surface area (Å²) >= 11 is 0. The summed E-state index contributed by atoms with van der Waals surface area (Å²) < 4.78 is 6.52. The smallest absolute Gasteiger partial charge is 0.449 e. The number of nitrogens with zero attached hydrogens (tertiary/aromatic N) is 3. The lowest BCUT2D eigenvalue weighted by atomic mass is 10.0. The quantitative estimate of drug-likeness (QED) is 0.333. The molecule has 0 spiro atoms. The number of hydrogen-bond donors (Lipinski definition) is 2. The summed E-state index contributed by atoms with van der Waals surface area (Å²) in [6.45, 7) is 1.71. The molecule has 1 fully saturated rings. The van der Waals surface area contributed by atoms with Crippen LogP contribution in [0.5, 0.6) is 5.75 Å². The summed E-state index contributed by atoms with van der Waals surface area (Å²) in [6, 6.07) is 13.8. The minimum Gasteiger partial charge on any atom is -0.449 e. The van der Waals surface area contributed by atoms with Crippen LogP contribution < -0.4 is 10.5 Å². The Hall–Kier alpha value is -4.32. The number of likely N-dealkylation sites (tertiary alicyclic amines) is 1. The van der Waals surface area contributed by atoms with E-state index in [4.69, 9.17) is 16.1 Å². The van der Waals surface area contributed by atoms with Gasteiger partial charge in [0, 0.05) is 49.2 Å². The van der Waals surface area contributed by atoms with Gasteiger partial charge in [-0.3, -0.25) is 4.79 Å². The van der Waals surface area contributed by atoms with E-state index in [1.54, 1.807) is 41.4 Å². The van der Waals surface area contributed by atoms with Crippen molar-refractivity contribution in [2.75, 3.05) is 13.1 Å². The molecule has 0 saturated carbocycles. The molecule has 3 aromatic rings. The molecule has 0 bridgehead atoms. The molecule has 0 unspecified atom stereocenters. The van der Waals surface area contributed by atoms with Crippen molar-refractivity contribution in [1.29, 1.82) is 5.26 Å². The highest BCUT2D eigenvalue weighted by Gasteiger charge is 2.16. The van der Waals surface area contributed by atoms with E-state index in [9.17, 15) is 14.4 Å². The van der Waals surface area contributed by atoms with E-state index in [1.807, 2.05) is 23.7 Å². The summed E-state index contributed by atoms with van der Waals surface area (Å²) in [5.74, 6) is 0.143. The molecule has 1 aromatic heterocycles. The van der Waals surface area contributed by atoms with Gasteiger partial charge in [-0.1, -0.05) is 12.1 Å². The van der Waals surface area contributed by atoms with Crippen molar-refractivity contribution in [3.8, 4) is 11.8 Å². The Morgan fingerprint density at radius 2 is 1.79 bits per heavy atom. The Bertz CT molecular complexity index is 1230. The summed E-state index contributed by atoms with van der Waals surface area (Å²) in [4.78, 5) is 35.4. The molecule has 0 radical (unpaired) electrons. The maximum Gasteiger partial charge on any atom is 0.511 e. The number of aromatic nitrogens is 1. The minimum absolute atomic E-state index is 0.0348. The normalized spacial score (nSPS) is 12.5. The largest absolute Gasteiger partial charge is 0.511 e. The first-order valence-corrected chi connectivity index (χ1v) is 10.8. The third kappa shape index (κ3) is 6.13. The Balaban J connectivity index is 0.000000343. The highest BCUT2D eigenvalue weighted by atomic mass is 16.7. The van der Waals surface area contributed by atoms with Gasteiger partial charge >= 0.3 is 12.2 Å². The molecule has 34 heavy (non-hydrogen) atoms. The van der Waals surface area contributed by atoms with Gasteiger partial charge in [0.25, 0.3) is 0 Å². The van der Waals surface area contributed by atoms with Crippen molar-refractivity contribution < 1.29 is 24.2 Å². The summed E-state index contributed by atoms with van der Waals surface area (Å²) in [5.41, 5.74) is 7.91. The van der Waals surface area contributed by atoms with E-state index in [2.05, 4.69) is 10.8 Å². The van der Waals surface area contributed by atoms with Crippen molar-refractivity contribution in [3.05, 3.63) is 65.4 Å². The van der Waals surface area contributed by atoms with E-state index >= 15 is 0 Å². The third-order valence-corrected chi connectivity index (χ3v) is 5.61. The minimum atomic E-state index is -1.39. The average molecular weight is 463 g/mol. The van der Waals surface area contributed by atoms with E-state index in [0.29, 0.717) is 29.4 Å². The zero-order chi connectivity index (χ0) is 24.7. The number of ketones is 1. The molecule has 1 aliphatic heterocycles. The highest BCUT2D eigenvalue weighted by molar-refractivity contribution is 6.08. The number of Topliss-reactive ketones (excluding diaryl/α,β-unsaturated/α-hetero) is 1. The molecular weight excluding hydrogens is 436 g/mol. The van der Waals surface area contributed by atoms with Crippen LogP contribution in [0.25, 0.3) is 10.9 Å². The van der Waals surface area contributed by atoms with Gasteiger partial charge in [0.1, 0.15) is 5.75 Å². The fourth-order valence-corrected chi connectivity index (χ4v) is 3.83. The first kappa shape index (κ1) is 24.3. The van der Waals surface area contributed by atoms with Crippen molar-refractivity contribution in [1.82, 2.24) is 9.47 Å². The van der Waals surface area contributed by atoms with Crippen LogP contribution in [-0.2, 0) is 13.5 Å². The Morgan fingerprint density at radius 1 is 1.12 bits per heavy atom. The summed E-state index contributed by atoms with van der Waals surface area (Å²) in [5, 5.41) is 18.2. The number of fused-ring (bicyclic) bond motifs is 1. The van der Waals surface area contributed by atoms with E-state index in [1.165, 1.54) is 0 Å². The van der Waals surface area contributed by atoms with Crippen LogP contribution in [0.1, 0.15) is 40.7 Å². The lowest BCUT2D eigenvalue weighted by Crippen LogP contribution is -2.32. The summed E-state index contributed by atoms with van der Waals surface area (Å²) in [7, 11) is 1.83. The SMILES string of the molecule is Cn1cc(C(=O)CCc2ccc(C#N)cc2)c2cc(OC(=O)O)ccc21.NC(=O)N1CCCC1. The first-order chi connectivity index (χ1) is 16.3. The molecule has 2 amide bonds. The number of benzene rings is 2. The number of hydrogen-bond acceptors (Lipinski definition) is 5. The van der Waals surface area contributed by atoms with Crippen LogP contribution in [0.4, 0.5) is 9.59 Å². The first-order valence-electron chi connectivity index (χ1n) is 10.8. The lowest BCUT2D eigenvalue weighted by Gasteiger charge is -2.09. The fourth-order valence-electron chi connectivity index (χ4n) is 3.83. The molecule has 3 N–H and O–H groups in total. The van der Waals surface area contributed by atoms with Gasteiger partial charge < -0.3 is 25.0 Å². The zero-order valence-corrected chi connectivity index (χ0v) is 18.9. The molecule has 9 nitrogen and oxygen atoms in total. The van der Waals surface area contributed by atoms with Gasteiger partial charge in [-0.25, -0.2) is 9.59 Å². The molecule has 176 valence electrons. The predicted molar refractivity (Wildman–Crippen MR) is 126 cm³/mol. The van der Waals surface area contributed by atoms with E-state index < -0.39 is 6.16 Å². The number of nitrogens with two attached hydrogens (primary N) is 1.